The van der Waals surface area contributed by atoms with Gasteiger partial charge in [0.25, 0.3) is 0 Å². The fourth-order valence-corrected chi connectivity index (χ4v) is 1.82. The molecule has 0 radical (unpaired) electrons. The molecule has 5 nitrogen and oxygen atoms in total. The number of benzene rings is 1. The number of aromatic carboxylic acids is 1. The maximum atomic E-state index is 10.9. The Morgan fingerprint density at radius 1 is 1.25 bits per heavy atom. The molecule has 0 amide bonds. The Kier molecular flexibility index (Phi) is 4.32. The van der Waals surface area contributed by atoms with E-state index in [-0.39, 0.29) is 11.3 Å². The van der Waals surface area contributed by atoms with E-state index in [4.69, 9.17) is 21.9 Å². The first-order chi connectivity index (χ1) is 9.60. The van der Waals surface area contributed by atoms with Crippen LogP contribution in [0.25, 0.3) is 0 Å². The van der Waals surface area contributed by atoms with Crippen LogP contribution in [0.15, 0.2) is 47.8 Å². The molecule has 0 atom stereocenters. The van der Waals surface area contributed by atoms with E-state index >= 15 is 0 Å². The Balaban J connectivity index is 2.27. The number of pyridine rings is 1. The summed E-state index contributed by atoms with van der Waals surface area (Å²) in [6, 6.07) is 9.81. The molecule has 0 bridgehead atoms. The third-order valence-electron chi connectivity index (χ3n) is 2.71. The second-order valence-electron chi connectivity index (χ2n) is 4.08. The van der Waals surface area contributed by atoms with Crippen molar-refractivity contribution in [3.8, 4) is 0 Å². The summed E-state index contributed by atoms with van der Waals surface area (Å²) in [4.78, 5) is 14.9. The van der Waals surface area contributed by atoms with Crippen LogP contribution in [0, 0.1) is 0 Å². The number of rotatable bonds is 4. The molecule has 0 aliphatic heterocycles. The van der Waals surface area contributed by atoms with Gasteiger partial charge in [0.15, 0.2) is 0 Å². The first kappa shape index (κ1) is 14.0. The maximum Gasteiger partial charge on any atom is 0.335 e. The summed E-state index contributed by atoms with van der Waals surface area (Å²) >= 11 is 5.80. The first-order valence-electron chi connectivity index (χ1n) is 5.75. The molecule has 2 aromatic rings. The van der Waals surface area contributed by atoms with E-state index in [9.17, 15) is 4.79 Å². The van der Waals surface area contributed by atoms with Gasteiger partial charge in [0.1, 0.15) is 5.71 Å². The van der Waals surface area contributed by atoms with Gasteiger partial charge in [0, 0.05) is 17.6 Å². The number of oxime groups is 1. The van der Waals surface area contributed by atoms with Crippen molar-refractivity contribution in [2.75, 3.05) is 0 Å². The molecule has 1 aromatic carbocycles. The van der Waals surface area contributed by atoms with Gasteiger partial charge < -0.3 is 10.3 Å². The number of aromatic nitrogens is 1. The molecule has 2 rings (SSSR count). The lowest BCUT2D eigenvalue weighted by molar-refractivity contribution is 0.0696. The summed E-state index contributed by atoms with van der Waals surface area (Å²) in [6.45, 7) is 0. The Morgan fingerprint density at radius 2 is 1.95 bits per heavy atom. The van der Waals surface area contributed by atoms with Crippen molar-refractivity contribution in [1.82, 2.24) is 4.98 Å². The van der Waals surface area contributed by atoms with E-state index in [1.807, 2.05) is 0 Å². The maximum absolute atomic E-state index is 10.9. The molecule has 0 spiro atoms. The zero-order valence-corrected chi connectivity index (χ0v) is 11.1. The summed E-state index contributed by atoms with van der Waals surface area (Å²) < 4.78 is 0. The molecule has 1 aromatic heterocycles. The number of carboxylic acid groups (broad SMARTS) is 1. The Labute approximate surface area is 120 Å². The Bertz CT molecular complexity index is 654. The second-order valence-corrected chi connectivity index (χ2v) is 4.52. The lowest BCUT2D eigenvalue weighted by Crippen LogP contribution is -2.09. The highest BCUT2D eigenvalue weighted by atomic mass is 35.5. The highest BCUT2D eigenvalue weighted by molar-refractivity contribution is 6.30. The molecule has 0 saturated carbocycles. The SMILES string of the molecule is O=C(O)c1ccnc(/C(Cc2ccc(Cl)cc2)=N/O)c1. The van der Waals surface area contributed by atoms with Gasteiger partial charge in [0.05, 0.1) is 11.3 Å². The summed E-state index contributed by atoms with van der Waals surface area (Å²) in [5, 5.41) is 21.9. The average Bonchev–Trinajstić information content (AvgIpc) is 2.46. The lowest BCUT2D eigenvalue weighted by atomic mass is 10.0. The van der Waals surface area contributed by atoms with Crippen molar-refractivity contribution in [1.29, 1.82) is 0 Å². The van der Waals surface area contributed by atoms with Crippen molar-refractivity contribution >= 4 is 23.3 Å². The number of nitrogens with zero attached hydrogens (tertiary/aromatic N) is 2. The van der Waals surface area contributed by atoms with Crippen LogP contribution in [0.3, 0.4) is 0 Å². The van der Waals surface area contributed by atoms with Gasteiger partial charge in [-0.1, -0.05) is 28.9 Å². The van der Waals surface area contributed by atoms with Crippen LogP contribution < -0.4 is 0 Å². The summed E-state index contributed by atoms with van der Waals surface area (Å²) in [7, 11) is 0. The molecule has 2 N–H and O–H groups in total. The number of hydrogen-bond donors (Lipinski definition) is 2. The lowest BCUT2D eigenvalue weighted by Gasteiger charge is -2.05. The van der Waals surface area contributed by atoms with Crippen LogP contribution in [0.2, 0.25) is 5.02 Å². The fourth-order valence-electron chi connectivity index (χ4n) is 1.69. The summed E-state index contributed by atoms with van der Waals surface area (Å²) in [5.74, 6) is -1.06. The van der Waals surface area contributed by atoms with Crippen molar-refractivity contribution in [3.63, 3.8) is 0 Å². The van der Waals surface area contributed by atoms with E-state index in [0.717, 1.165) is 5.56 Å². The van der Waals surface area contributed by atoms with E-state index in [1.165, 1.54) is 18.3 Å². The van der Waals surface area contributed by atoms with Gasteiger partial charge in [-0.15, -0.1) is 0 Å². The largest absolute Gasteiger partial charge is 0.478 e. The zero-order valence-electron chi connectivity index (χ0n) is 10.3. The minimum Gasteiger partial charge on any atom is -0.478 e. The van der Waals surface area contributed by atoms with E-state index in [0.29, 0.717) is 17.1 Å². The number of carboxylic acids is 1. The van der Waals surface area contributed by atoms with Gasteiger partial charge in [-0.3, -0.25) is 4.98 Å². The highest BCUT2D eigenvalue weighted by Crippen LogP contribution is 2.13. The van der Waals surface area contributed by atoms with Crippen molar-refractivity contribution in [2.45, 2.75) is 6.42 Å². The molecule has 6 heteroatoms. The Morgan fingerprint density at radius 3 is 2.55 bits per heavy atom. The molecule has 0 aliphatic carbocycles. The van der Waals surface area contributed by atoms with Gasteiger partial charge in [-0.2, -0.15) is 0 Å². The first-order valence-corrected chi connectivity index (χ1v) is 6.13. The highest BCUT2D eigenvalue weighted by Gasteiger charge is 2.11. The smallest absolute Gasteiger partial charge is 0.335 e. The summed E-state index contributed by atoms with van der Waals surface area (Å²) in [5.41, 5.74) is 1.58. The van der Waals surface area contributed by atoms with E-state index < -0.39 is 5.97 Å². The van der Waals surface area contributed by atoms with Crippen LogP contribution in [0.4, 0.5) is 0 Å². The standard InChI is InChI=1S/C14H11ClN2O3/c15-11-3-1-9(2-4-11)7-13(17-20)12-8-10(14(18)19)5-6-16-12/h1-6,8,20H,7H2,(H,18,19)/b17-13+. The number of hydrogen-bond acceptors (Lipinski definition) is 4. The third-order valence-corrected chi connectivity index (χ3v) is 2.96. The zero-order chi connectivity index (χ0) is 14.5. The van der Waals surface area contributed by atoms with E-state index in [2.05, 4.69) is 10.1 Å². The molecule has 102 valence electrons. The van der Waals surface area contributed by atoms with Crippen molar-refractivity contribution in [3.05, 3.63) is 64.4 Å². The molecular weight excluding hydrogens is 280 g/mol. The van der Waals surface area contributed by atoms with Gasteiger partial charge in [-0.25, -0.2) is 4.79 Å². The molecule has 20 heavy (non-hydrogen) atoms. The van der Waals surface area contributed by atoms with Crippen molar-refractivity contribution in [2.24, 2.45) is 5.16 Å². The molecule has 0 fully saturated rings. The second kappa shape index (κ2) is 6.16. The third kappa shape index (κ3) is 3.33. The topological polar surface area (TPSA) is 82.8 Å². The molecule has 0 unspecified atom stereocenters. The number of halogens is 1. The van der Waals surface area contributed by atoms with Gasteiger partial charge in [-0.05, 0) is 29.8 Å². The van der Waals surface area contributed by atoms with E-state index in [1.54, 1.807) is 24.3 Å². The minimum absolute atomic E-state index is 0.0901. The number of carbonyl (C=O) groups is 1. The van der Waals surface area contributed by atoms with Crippen LogP contribution in [0.1, 0.15) is 21.6 Å². The molecule has 0 aliphatic rings. The minimum atomic E-state index is -1.06. The predicted molar refractivity (Wildman–Crippen MR) is 74.7 cm³/mol. The normalized spacial score (nSPS) is 11.3. The molecular formula is C14H11ClN2O3. The summed E-state index contributed by atoms with van der Waals surface area (Å²) in [6.07, 6.45) is 1.69. The van der Waals surface area contributed by atoms with Gasteiger partial charge in [0.2, 0.25) is 0 Å². The predicted octanol–water partition coefficient (Wildman–Crippen LogP) is 2.85. The van der Waals surface area contributed by atoms with Gasteiger partial charge >= 0.3 is 5.97 Å². The van der Waals surface area contributed by atoms with Crippen LogP contribution in [-0.2, 0) is 6.42 Å². The van der Waals surface area contributed by atoms with Crippen molar-refractivity contribution < 1.29 is 15.1 Å². The Hall–Kier alpha value is -2.40. The average molecular weight is 291 g/mol. The fraction of sp³-hybridized carbons (Fsp3) is 0.0714. The monoisotopic (exact) mass is 290 g/mol. The van der Waals surface area contributed by atoms with Crippen LogP contribution in [0.5, 0.6) is 0 Å². The molecule has 0 saturated heterocycles. The van der Waals surface area contributed by atoms with Crippen LogP contribution in [-0.4, -0.2) is 27.0 Å². The quantitative estimate of drug-likeness (QED) is 0.515. The molecule has 1 heterocycles. The van der Waals surface area contributed by atoms with Crippen LogP contribution >= 0.6 is 11.6 Å².